The molecule has 0 bridgehead atoms. The van der Waals surface area contributed by atoms with Crippen LogP contribution in [-0.2, 0) is 11.2 Å². The van der Waals surface area contributed by atoms with Crippen LogP contribution in [0.15, 0.2) is 30.3 Å². The summed E-state index contributed by atoms with van der Waals surface area (Å²) in [5.74, 6) is -0.0568. The third kappa shape index (κ3) is 5.95. The molecule has 0 aliphatic carbocycles. The fourth-order valence-corrected chi connectivity index (χ4v) is 3.01. The highest BCUT2D eigenvalue weighted by molar-refractivity contribution is 5.78. The van der Waals surface area contributed by atoms with Crippen molar-refractivity contribution in [2.24, 2.45) is 5.92 Å². The van der Waals surface area contributed by atoms with Crippen molar-refractivity contribution in [2.45, 2.75) is 32.6 Å². The molecule has 26 heavy (non-hydrogen) atoms. The lowest BCUT2D eigenvalue weighted by Gasteiger charge is -2.21. The van der Waals surface area contributed by atoms with Crippen LogP contribution in [0.5, 0.6) is 0 Å². The second-order valence-corrected chi connectivity index (χ2v) is 6.82. The minimum atomic E-state index is -0.255. The van der Waals surface area contributed by atoms with Crippen molar-refractivity contribution in [1.82, 2.24) is 20.4 Å². The fourth-order valence-electron chi connectivity index (χ4n) is 3.01. The lowest BCUT2D eigenvalue weighted by Crippen LogP contribution is -2.36. The van der Waals surface area contributed by atoms with E-state index in [1.165, 1.54) is 12.1 Å². The summed E-state index contributed by atoms with van der Waals surface area (Å²) in [5.41, 5.74) is 2.60. The summed E-state index contributed by atoms with van der Waals surface area (Å²) in [6.45, 7) is 3.44. The number of benzene rings is 1. The number of H-pyrrole nitrogens is 1. The van der Waals surface area contributed by atoms with Crippen molar-refractivity contribution in [3.05, 3.63) is 41.8 Å². The van der Waals surface area contributed by atoms with E-state index in [1.54, 1.807) is 6.07 Å². The zero-order chi connectivity index (χ0) is 18.9. The molecular formula is C20H29FN4O. The molecule has 0 spiro atoms. The minimum Gasteiger partial charge on any atom is -0.345 e. The number of carbonyl (C=O) groups excluding carboxylic acids is 1. The number of aromatic amines is 1. The van der Waals surface area contributed by atoms with Gasteiger partial charge in [-0.05, 0) is 44.5 Å². The first-order valence-corrected chi connectivity index (χ1v) is 9.21. The summed E-state index contributed by atoms with van der Waals surface area (Å²) < 4.78 is 13.3. The molecular weight excluding hydrogens is 331 g/mol. The van der Waals surface area contributed by atoms with Crippen molar-refractivity contribution in [3.63, 3.8) is 0 Å². The van der Waals surface area contributed by atoms with Gasteiger partial charge in [0.1, 0.15) is 5.82 Å². The highest BCUT2D eigenvalue weighted by Gasteiger charge is 2.15. The molecule has 2 rings (SSSR count). The molecule has 5 nitrogen and oxygen atoms in total. The Morgan fingerprint density at radius 1 is 1.31 bits per heavy atom. The maximum absolute atomic E-state index is 13.3. The Bertz CT molecular complexity index is 701. The van der Waals surface area contributed by atoms with Gasteiger partial charge in [0.15, 0.2) is 0 Å². The van der Waals surface area contributed by atoms with Crippen LogP contribution in [0.2, 0.25) is 0 Å². The molecule has 0 aliphatic rings. The van der Waals surface area contributed by atoms with E-state index in [2.05, 4.69) is 15.5 Å². The Hall–Kier alpha value is -2.21. The molecule has 6 heteroatoms. The molecule has 1 unspecified atom stereocenters. The van der Waals surface area contributed by atoms with Gasteiger partial charge in [0, 0.05) is 37.3 Å². The number of amides is 1. The van der Waals surface area contributed by atoms with Gasteiger partial charge < -0.3 is 10.2 Å². The van der Waals surface area contributed by atoms with Crippen LogP contribution in [0.1, 0.15) is 31.9 Å². The number of hydrogen-bond donors (Lipinski definition) is 2. The molecule has 2 N–H and O–H groups in total. The van der Waals surface area contributed by atoms with Crippen LogP contribution in [0, 0.1) is 11.7 Å². The van der Waals surface area contributed by atoms with E-state index in [4.69, 9.17) is 0 Å². The molecule has 1 atom stereocenters. The molecule has 1 aromatic heterocycles. The van der Waals surface area contributed by atoms with Gasteiger partial charge in [0.25, 0.3) is 0 Å². The Labute approximate surface area is 155 Å². The van der Waals surface area contributed by atoms with Gasteiger partial charge in [-0.3, -0.25) is 9.89 Å². The summed E-state index contributed by atoms with van der Waals surface area (Å²) in [7, 11) is 3.73. The van der Waals surface area contributed by atoms with Crippen LogP contribution in [0.25, 0.3) is 11.3 Å². The lowest BCUT2D eigenvalue weighted by atomic mass is 10.1. The van der Waals surface area contributed by atoms with E-state index in [0.29, 0.717) is 6.54 Å². The zero-order valence-corrected chi connectivity index (χ0v) is 15.9. The monoisotopic (exact) mass is 360 g/mol. The number of halogens is 1. The number of nitrogens with one attached hydrogen (secondary N) is 2. The van der Waals surface area contributed by atoms with E-state index in [1.807, 2.05) is 38.1 Å². The second kappa shape index (κ2) is 10.1. The summed E-state index contributed by atoms with van der Waals surface area (Å²) in [6.07, 6.45) is 3.96. The Kier molecular flexibility index (Phi) is 7.78. The van der Waals surface area contributed by atoms with E-state index >= 15 is 0 Å². The van der Waals surface area contributed by atoms with Crippen LogP contribution >= 0.6 is 0 Å². The Balaban J connectivity index is 1.70. The van der Waals surface area contributed by atoms with Crippen LogP contribution in [0.4, 0.5) is 4.39 Å². The largest absolute Gasteiger partial charge is 0.345 e. The predicted octanol–water partition coefficient (Wildman–Crippen LogP) is 3.24. The average molecular weight is 360 g/mol. The van der Waals surface area contributed by atoms with Gasteiger partial charge in [-0.2, -0.15) is 5.10 Å². The highest BCUT2D eigenvalue weighted by atomic mass is 19.1. The molecule has 0 radical (unpaired) electrons. The molecule has 1 amide bonds. The van der Waals surface area contributed by atoms with Crippen molar-refractivity contribution < 1.29 is 9.18 Å². The van der Waals surface area contributed by atoms with Gasteiger partial charge >= 0.3 is 0 Å². The predicted molar refractivity (Wildman–Crippen MR) is 102 cm³/mol. The standard InChI is InChI=1S/C20H29FN4O/c1-15(14-22-2)20(26)25(3)11-6-4-5-10-18-13-19(24-23-18)16-8-7-9-17(21)12-16/h7-9,12-13,15,22H,4-6,10-11,14H2,1-3H3,(H,23,24). The van der Waals surface area contributed by atoms with Gasteiger partial charge in [0.2, 0.25) is 5.91 Å². The minimum absolute atomic E-state index is 0.0104. The van der Waals surface area contributed by atoms with Gasteiger partial charge in [-0.25, -0.2) is 4.39 Å². The maximum atomic E-state index is 13.3. The number of hydrogen-bond acceptors (Lipinski definition) is 3. The summed E-state index contributed by atoms with van der Waals surface area (Å²) in [5, 5.41) is 10.3. The van der Waals surface area contributed by atoms with Crippen LogP contribution in [0.3, 0.4) is 0 Å². The Morgan fingerprint density at radius 2 is 2.12 bits per heavy atom. The quantitative estimate of drug-likeness (QED) is 0.640. The topological polar surface area (TPSA) is 61.0 Å². The molecule has 0 saturated heterocycles. The van der Waals surface area contributed by atoms with Crippen molar-refractivity contribution in [2.75, 3.05) is 27.2 Å². The number of carbonyl (C=O) groups is 1. The second-order valence-electron chi connectivity index (χ2n) is 6.82. The molecule has 142 valence electrons. The van der Waals surface area contributed by atoms with Gasteiger partial charge in [-0.15, -0.1) is 0 Å². The third-order valence-electron chi connectivity index (χ3n) is 4.50. The van der Waals surface area contributed by atoms with Crippen molar-refractivity contribution in [3.8, 4) is 11.3 Å². The van der Waals surface area contributed by atoms with Crippen molar-refractivity contribution >= 4 is 5.91 Å². The third-order valence-corrected chi connectivity index (χ3v) is 4.50. The Morgan fingerprint density at radius 3 is 2.85 bits per heavy atom. The maximum Gasteiger partial charge on any atom is 0.226 e. The number of rotatable bonds is 10. The highest BCUT2D eigenvalue weighted by Crippen LogP contribution is 2.19. The SMILES string of the molecule is CNCC(C)C(=O)N(C)CCCCCc1cc(-c2cccc(F)c2)n[nH]1. The van der Waals surface area contributed by atoms with E-state index in [9.17, 15) is 9.18 Å². The van der Waals surface area contributed by atoms with E-state index < -0.39 is 0 Å². The number of unbranched alkanes of at least 4 members (excludes halogenated alkanes) is 2. The number of aryl methyl sites for hydroxylation is 1. The molecule has 1 aromatic carbocycles. The van der Waals surface area contributed by atoms with Crippen molar-refractivity contribution in [1.29, 1.82) is 0 Å². The van der Waals surface area contributed by atoms with E-state index in [0.717, 1.165) is 49.2 Å². The molecule has 1 heterocycles. The molecule has 2 aromatic rings. The molecule has 0 saturated carbocycles. The van der Waals surface area contributed by atoms with Crippen LogP contribution in [-0.4, -0.2) is 48.2 Å². The molecule has 0 aliphatic heterocycles. The summed E-state index contributed by atoms with van der Waals surface area (Å²) in [6, 6.07) is 8.43. The van der Waals surface area contributed by atoms with E-state index in [-0.39, 0.29) is 17.6 Å². The van der Waals surface area contributed by atoms with Crippen LogP contribution < -0.4 is 5.32 Å². The summed E-state index contributed by atoms with van der Waals surface area (Å²) >= 11 is 0. The fraction of sp³-hybridized carbons (Fsp3) is 0.500. The van der Waals surface area contributed by atoms with Gasteiger partial charge in [0.05, 0.1) is 5.69 Å². The van der Waals surface area contributed by atoms with Gasteiger partial charge in [-0.1, -0.05) is 25.5 Å². The normalized spacial score (nSPS) is 12.2. The summed E-state index contributed by atoms with van der Waals surface area (Å²) in [4.78, 5) is 13.9. The lowest BCUT2D eigenvalue weighted by molar-refractivity contribution is -0.133. The number of nitrogens with zero attached hydrogens (tertiary/aromatic N) is 2. The zero-order valence-electron chi connectivity index (χ0n) is 15.9. The number of aromatic nitrogens is 2. The first-order chi connectivity index (χ1) is 12.5. The average Bonchev–Trinajstić information content (AvgIpc) is 3.09. The first kappa shape index (κ1) is 20.1. The smallest absolute Gasteiger partial charge is 0.226 e. The molecule has 0 fully saturated rings. The first-order valence-electron chi connectivity index (χ1n) is 9.21.